The molecule has 0 aliphatic heterocycles. The van der Waals surface area contributed by atoms with Crippen molar-refractivity contribution in [2.45, 2.75) is 0 Å². The fourth-order valence-electron chi connectivity index (χ4n) is 0.749. The van der Waals surface area contributed by atoms with Gasteiger partial charge in [0.25, 0.3) is 0 Å². The van der Waals surface area contributed by atoms with Gasteiger partial charge in [0, 0.05) is 13.3 Å². The second-order valence-electron chi connectivity index (χ2n) is 2.37. The van der Waals surface area contributed by atoms with Crippen LogP contribution in [0.15, 0.2) is 4.99 Å². The van der Waals surface area contributed by atoms with Crippen LogP contribution in [0.2, 0.25) is 0 Å². The number of aromatic nitrogens is 1. The van der Waals surface area contributed by atoms with Crippen molar-refractivity contribution >= 4 is 29.8 Å². The van der Waals surface area contributed by atoms with Crippen molar-refractivity contribution in [1.82, 2.24) is 4.57 Å². The van der Waals surface area contributed by atoms with E-state index in [4.69, 9.17) is 17.3 Å². The summed E-state index contributed by atoms with van der Waals surface area (Å²) in [5.74, 6) is 0.122. The van der Waals surface area contributed by atoms with E-state index in [1.54, 1.807) is 7.05 Å². The SMILES string of the molecule is Cn1c(O)c(C=NCCO)sc1=S. The lowest BCUT2D eigenvalue weighted by Crippen LogP contribution is -1.89. The summed E-state index contributed by atoms with van der Waals surface area (Å²) in [5.41, 5.74) is 0. The lowest BCUT2D eigenvalue weighted by atomic mass is 10.5. The number of aromatic hydroxyl groups is 1. The lowest BCUT2D eigenvalue weighted by molar-refractivity contribution is 0.307. The van der Waals surface area contributed by atoms with Crippen LogP contribution in [0.25, 0.3) is 0 Å². The molecule has 1 aromatic rings. The number of hydrogen-bond acceptors (Lipinski definition) is 5. The second-order valence-corrected chi connectivity index (χ2v) is 4.05. The zero-order valence-corrected chi connectivity index (χ0v) is 8.73. The van der Waals surface area contributed by atoms with Crippen LogP contribution in [0, 0.1) is 3.95 Å². The number of aliphatic hydroxyl groups is 1. The van der Waals surface area contributed by atoms with Crippen molar-refractivity contribution in [1.29, 1.82) is 0 Å². The largest absolute Gasteiger partial charge is 0.493 e. The van der Waals surface area contributed by atoms with Crippen LogP contribution in [-0.4, -0.2) is 34.1 Å². The van der Waals surface area contributed by atoms with Gasteiger partial charge in [-0.05, 0) is 12.2 Å². The number of thiazole rings is 1. The van der Waals surface area contributed by atoms with E-state index < -0.39 is 0 Å². The van der Waals surface area contributed by atoms with E-state index in [1.165, 1.54) is 22.1 Å². The van der Waals surface area contributed by atoms with Gasteiger partial charge in [0.05, 0.1) is 13.2 Å². The maximum Gasteiger partial charge on any atom is 0.211 e. The summed E-state index contributed by atoms with van der Waals surface area (Å²) in [7, 11) is 1.69. The standard InChI is InChI=1S/C7H10N2O2S2/c1-9-6(11)5(13-7(9)12)4-8-2-3-10/h4,10-11H,2-3H2,1H3. The highest BCUT2D eigenvalue weighted by Gasteiger charge is 2.05. The van der Waals surface area contributed by atoms with Crippen molar-refractivity contribution in [2.75, 3.05) is 13.2 Å². The van der Waals surface area contributed by atoms with Crippen LogP contribution in [0.1, 0.15) is 4.88 Å². The summed E-state index contributed by atoms with van der Waals surface area (Å²) in [4.78, 5) is 4.52. The number of aliphatic hydroxyl groups excluding tert-OH is 1. The van der Waals surface area contributed by atoms with Crippen LogP contribution >= 0.6 is 23.6 Å². The zero-order valence-electron chi connectivity index (χ0n) is 7.10. The number of hydrogen-bond donors (Lipinski definition) is 2. The smallest absolute Gasteiger partial charge is 0.211 e. The van der Waals surface area contributed by atoms with Crippen LogP contribution in [0.5, 0.6) is 5.88 Å². The molecular weight excluding hydrogens is 208 g/mol. The summed E-state index contributed by atoms with van der Waals surface area (Å²) in [6.07, 6.45) is 1.52. The number of aliphatic imine (C=N–C) groups is 1. The van der Waals surface area contributed by atoms with Gasteiger partial charge in [-0.1, -0.05) is 11.3 Å². The molecule has 0 aliphatic rings. The molecule has 2 N–H and O–H groups in total. The topological polar surface area (TPSA) is 57.8 Å². The molecule has 13 heavy (non-hydrogen) atoms. The average Bonchev–Trinajstić information content (AvgIpc) is 2.34. The third-order valence-electron chi connectivity index (χ3n) is 1.45. The second kappa shape index (κ2) is 4.50. The van der Waals surface area contributed by atoms with Crippen molar-refractivity contribution in [3.05, 3.63) is 8.83 Å². The minimum atomic E-state index is 0.00942. The number of rotatable bonds is 3. The van der Waals surface area contributed by atoms with E-state index in [-0.39, 0.29) is 12.5 Å². The molecule has 0 unspecified atom stereocenters. The Kier molecular flexibility index (Phi) is 3.58. The fourth-order valence-corrected chi connectivity index (χ4v) is 1.87. The Balaban J connectivity index is 2.90. The summed E-state index contributed by atoms with van der Waals surface area (Å²) in [6, 6.07) is 0. The molecule has 0 spiro atoms. The first-order valence-electron chi connectivity index (χ1n) is 3.66. The van der Waals surface area contributed by atoms with Gasteiger partial charge in [-0.15, -0.1) is 0 Å². The van der Waals surface area contributed by atoms with Crippen LogP contribution in [0.3, 0.4) is 0 Å². The molecule has 72 valence electrons. The Morgan fingerprint density at radius 3 is 2.85 bits per heavy atom. The van der Waals surface area contributed by atoms with Gasteiger partial charge in [-0.2, -0.15) is 0 Å². The summed E-state index contributed by atoms with van der Waals surface area (Å²) >= 11 is 6.24. The molecule has 0 saturated carbocycles. The Bertz CT molecular complexity index is 367. The zero-order chi connectivity index (χ0) is 9.84. The predicted octanol–water partition coefficient (Wildman–Crippen LogP) is 0.933. The van der Waals surface area contributed by atoms with Crippen LogP contribution < -0.4 is 0 Å². The van der Waals surface area contributed by atoms with Gasteiger partial charge < -0.3 is 10.2 Å². The van der Waals surface area contributed by atoms with E-state index in [0.29, 0.717) is 15.4 Å². The van der Waals surface area contributed by atoms with Crippen molar-refractivity contribution in [2.24, 2.45) is 12.0 Å². The Morgan fingerprint density at radius 1 is 1.69 bits per heavy atom. The molecule has 0 saturated heterocycles. The van der Waals surface area contributed by atoms with Crippen molar-refractivity contribution in [3.8, 4) is 5.88 Å². The van der Waals surface area contributed by atoms with E-state index in [1.807, 2.05) is 0 Å². The van der Waals surface area contributed by atoms with E-state index in [0.717, 1.165) is 0 Å². The molecule has 0 atom stereocenters. The molecular formula is C7H10N2O2S2. The Labute approximate surface area is 84.8 Å². The first-order chi connectivity index (χ1) is 6.16. The molecule has 0 amide bonds. The molecule has 0 aromatic carbocycles. The molecule has 1 rings (SSSR count). The minimum Gasteiger partial charge on any atom is -0.493 e. The van der Waals surface area contributed by atoms with E-state index in [2.05, 4.69) is 4.99 Å². The summed E-state index contributed by atoms with van der Waals surface area (Å²) in [5, 5.41) is 17.9. The molecule has 1 aromatic heterocycles. The molecule has 0 radical (unpaired) electrons. The van der Waals surface area contributed by atoms with E-state index in [9.17, 15) is 5.11 Å². The maximum absolute atomic E-state index is 9.47. The van der Waals surface area contributed by atoms with Gasteiger partial charge >= 0.3 is 0 Å². The highest BCUT2D eigenvalue weighted by molar-refractivity contribution is 7.73. The predicted molar refractivity (Wildman–Crippen MR) is 55.3 cm³/mol. The highest BCUT2D eigenvalue weighted by Crippen LogP contribution is 2.22. The molecule has 0 aliphatic carbocycles. The van der Waals surface area contributed by atoms with Crippen LogP contribution in [-0.2, 0) is 7.05 Å². The average molecular weight is 218 g/mol. The third kappa shape index (κ3) is 2.36. The van der Waals surface area contributed by atoms with Gasteiger partial charge in [-0.25, -0.2) is 0 Å². The van der Waals surface area contributed by atoms with Crippen LogP contribution in [0.4, 0.5) is 0 Å². The van der Waals surface area contributed by atoms with Gasteiger partial charge in [-0.3, -0.25) is 9.56 Å². The molecule has 1 heterocycles. The molecule has 0 fully saturated rings. The van der Waals surface area contributed by atoms with Crippen molar-refractivity contribution < 1.29 is 10.2 Å². The normalized spacial score (nSPS) is 11.2. The molecule has 4 nitrogen and oxygen atoms in total. The Hall–Kier alpha value is -0.720. The quantitative estimate of drug-likeness (QED) is 0.586. The minimum absolute atomic E-state index is 0.00942. The summed E-state index contributed by atoms with van der Waals surface area (Å²) in [6.45, 7) is 0.351. The fraction of sp³-hybridized carbons (Fsp3) is 0.429. The molecule has 6 heteroatoms. The summed E-state index contributed by atoms with van der Waals surface area (Å²) < 4.78 is 2.11. The number of nitrogens with zero attached hydrogens (tertiary/aromatic N) is 2. The Morgan fingerprint density at radius 2 is 2.38 bits per heavy atom. The van der Waals surface area contributed by atoms with Gasteiger partial charge in [0.2, 0.25) is 5.88 Å². The highest BCUT2D eigenvalue weighted by atomic mass is 32.1. The van der Waals surface area contributed by atoms with Gasteiger partial charge in [0.15, 0.2) is 3.95 Å². The van der Waals surface area contributed by atoms with Gasteiger partial charge in [0.1, 0.15) is 4.88 Å². The third-order valence-corrected chi connectivity index (χ3v) is 2.93. The lowest BCUT2D eigenvalue weighted by Gasteiger charge is -1.92. The first-order valence-corrected chi connectivity index (χ1v) is 4.88. The van der Waals surface area contributed by atoms with Crippen molar-refractivity contribution in [3.63, 3.8) is 0 Å². The van der Waals surface area contributed by atoms with E-state index >= 15 is 0 Å². The first kappa shape index (κ1) is 10.4. The maximum atomic E-state index is 9.47. The monoisotopic (exact) mass is 218 g/mol. The molecule has 0 bridgehead atoms.